The summed E-state index contributed by atoms with van der Waals surface area (Å²) in [5.41, 5.74) is 2.63. The van der Waals surface area contributed by atoms with Gasteiger partial charge in [0.15, 0.2) is 0 Å². The maximum absolute atomic E-state index is 12.6. The van der Waals surface area contributed by atoms with E-state index in [0.717, 1.165) is 42.0 Å². The van der Waals surface area contributed by atoms with Gasteiger partial charge in [-0.3, -0.25) is 14.5 Å². The van der Waals surface area contributed by atoms with Crippen LogP contribution in [0.2, 0.25) is 0 Å². The highest BCUT2D eigenvalue weighted by Crippen LogP contribution is 2.45. The molecule has 1 saturated carbocycles. The summed E-state index contributed by atoms with van der Waals surface area (Å²) in [7, 11) is 0. The van der Waals surface area contributed by atoms with E-state index in [-0.39, 0.29) is 23.1 Å². The van der Waals surface area contributed by atoms with Crippen LogP contribution >= 0.6 is 11.8 Å². The van der Waals surface area contributed by atoms with E-state index in [9.17, 15) is 9.59 Å². The lowest BCUT2D eigenvalue weighted by molar-refractivity contribution is -0.122. The van der Waals surface area contributed by atoms with Gasteiger partial charge < -0.3 is 10.1 Å². The van der Waals surface area contributed by atoms with Crippen LogP contribution in [0.1, 0.15) is 37.1 Å². The standard InChI is InChI=1S/C22H24N2O3S/c1-2-27-19-9-4-3-8-18(19)24-20(25)14-28-22(24)16-10-12-17(13-11-16)23-21(26)15-6-5-7-15/h3-4,8-13,15,22H,2,5-7,14H2,1H3,(H,23,26)/t22-/m1/s1. The summed E-state index contributed by atoms with van der Waals surface area (Å²) in [6.45, 7) is 2.48. The Bertz CT molecular complexity index is 864. The van der Waals surface area contributed by atoms with Crippen molar-refractivity contribution in [3.8, 4) is 5.75 Å². The van der Waals surface area contributed by atoms with Crippen LogP contribution in [0.3, 0.4) is 0 Å². The number of hydrogen-bond acceptors (Lipinski definition) is 4. The van der Waals surface area contributed by atoms with E-state index in [1.54, 1.807) is 11.8 Å². The molecule has 2 aromatic carbocycles. The number of benzene rings is 2. The van der Waals surface area contributed by atoms with E-state index in [4.69, 9.17) is 4.74 Å². The highest BCUT2D eigenvalue weighted by molar-refractivity contribution is 8.00. The lowest BCUT2D eigenvalue weighted by Crippen LogP contribution is -2.28. The van der Waals surface area contributed by atoms with Gasteiger partial charge in [-0.1, -0.05) is 30.7 Å². The van der Waals surface area contributed by atoms with Crippen LogP contribution in [0, 0.1) is 5.92 Å². The largest absolute Gasteiger partial charge is 0.492 e. The SMILES string of the molecule is CCOc1ccccc1N1C(=O)CS[C@@H]1c1ccc(NC(=O)C2CCC2)cc1. The Kier molecular flexibility index (Phi) is 5.57. The summed E-state index contributed by atoms with van der Waals surface area (Å²) in [5.74, 6) is 1.50. The summed E-state index contributed by atoms with van der Waals surface area (Å²) in [6.07, 6.45) is 3.11. The first-order valence-corrected chi connectivity index (χ1v) is 10.8. The number of rotatable bonds is 6. The van der Waals surface area contributed by atoms with E-state index >= 15 is 0 Å². The molecule has 0 aromatic heterocycles. The number of ether oxygens (including phenoxy) is 1. The average molecular weight is 397 g/mol. The van der Waals surface area contributed by atoms with E-state index in [1.165, 1.54) is 0 Å². The molecule has 1 saturated heterocycles. The predicted octanol–water partition coefficient (Wildman–Crippen LogP) is 4.60. The van der Waals surface area contributed by atoms with Crippen molar-refractivity contribution in [1.82, 2.24) is 0 Å². The summed E-state index contributed by atoms with van der Waals surface area (Å²) >= 11 is 1.60. The van der Waals surface area contributed by atoms with Crippen molar-refractivity contribution in [2.24, 2.45) is 5.92 Å². The molecular formula is C22H24N2O3S. The van der Waals surface area contributed by atoms with E-state index in [0.29, 0.717) is 12.4 Å². The zero-order valence-electron chi connectivity index (χ0n) is 15.9. The van der Waals surface area contributed by atoms with Crippen LogP contribution in [-0.2, 0) is 9.59 Å². The molecule has 1 heterocycles. The Balaban J connectivity index is 1.54. The normalized spacial score (nSPS) is 19.4. The number of carbonyl (C=O) groups excluding carboxylic acids is 2. The van der Waals surface area contributed by atoms with Crippen molar-refractivity contribution in [3.63, 3.8) is 0 Å². The molecule has 146 valence electrons. The van der Waals surface area contributed by atoms with Crippen LogP contribution in [-0.4, -0.2) is 24.2 Å². The minimum Gasteiger partial charge on any atom is -0.492 e. The van der Waals surface area contributed by atoms with Gasteiger partial charge in [0.1, 0.15) is 11.1 Å². The Morgan fingerprint density at radius 3 is 2.61 bits per heavy atom. The third kappa shape index (κ3) is 3.74. The Hall–Kier alpha value is -2.47. The maximum Gasteiger partial charge on any atom is 0.238 e. The minimum absolute atomic E-state index is 0.0736. The first kappa shape index (κ1) is 18.9. The van der Waals surface area contributed by atoms with Gasteiger partial charge >= 0.3 is 0 Å². The van der Waals surface area contributed by atoms with Crippen LogP contribution in [0.5, 0.6) is 5.75 Å². The second kappa shape index (κ2) is 8.27. The fraction of sp³-hybridized carbons (Fsp3) is 0.364. The molecule has 0 spiro atoms. The van der Waals surface area contributed by atoms with Crippen LogP contribution in [0.15, 0.2) is 48.5 Å². The Morgan fingerprint density at radius 2 is 1.93 bits per heavy atom. The summed E-state index contributed by atoms with van der Waals surface area (Å²) in [6, 6.07) is 15.5. The Labute approximate surface area is 169 Å². The molecule has 1 N–H and O–H groups in total. The second-order valence-corrected chi connectivity index (χ2v) is 8.14. The van der Waals surface area contributed by atoms with E-state index < -0.39 is 0 Å². The number of anilines is 2. The lowest BCUT2D eigenvalue weighted by Gasteiger charge is -2.26. The number of thioether (sulfide) groups is 1. The topological polar surface area (TPSA) is 58.6 Å². The van der Waals surface area contributed by atoms with Crippen LogP contribution in [0.25, 0.3) is 0 Å². The van der Waals surface area contributed by atoms with Crippen LogP contribution < -0.4 is 15.0 Å². The number of nitrogens with zero attached hydrogens (tertiary/aromatic N) is 1. The molecule has 0 bridgehead atoms. The molecule has 4 rings (SSSR count). The zero-order chi connectivity index (χ0) is 19.5. The van der Waals surface area contributed by atoms with Crippen molar-refractivity contribution < 1.29 is 14.3 Å². The van der Waals surface area contributed by atoms with Crippen molar-refractivity contribution in [2.75, 3.05) is 22.6 Å². The molecule has 5 nitrogen and oxygen atoms in total. The first-order chi connectivity index (χ1) is 13.7. The fourth-order valence-electron chi connectivity index (χ4n) is 3.51. The zero-order valence-corrected chi connectivity index (χ0v) is 16.7. The molecule has 2 aliphatic rings. The molecule has 1 atom stereocenters. The molecule has 2 amide bonds. The molecule has 6 heteroatoms. The highest BCUT2D eigenvalue weighted by atomic mass is 32.2. The van der Waals surface area contributed by atoms with Gasteiger partial charge in [-0.2, -0.15) is 0 Å². The molecule has 2 aromatic rings. The summed E-state index contributed by atoms with van der Waals surface area (Å²) < 4.78 is 5.73. The van der Waals surface area contributed by atoms with Crippen molar-refractivity contribution >= 4 is 35.0 Å². The molecule has 2 fully saturated rings. The third-order valence-corrected chi connectivity index (χ3v) is 6.44. The van der Waals surface area contributed by atoms with Crippen molar-refractivity contribution in [2.45, 2.75) is 31.6 Å². The number of nitrogens with one attached hydrogen (secondary N) is 1. The number of para-hydroxylation sites is 2. The summed E-state index contributed by atoms with van der Waals surface area (Å²) in [4.78, 5) is 26.6. The van der Waals surface area contributed by atoms with Gasteiger partial charge in [0.05, 0.1) is 18.0 Å². The van der Waals surface area contributed by atoms with Gasteiger partial charge in [0.2, 0.25) is 11.8 Å². The fourth-order valence-corrected chi connectivity index (χ4v) is 4.68. The molecule has 1 aliphatic heterocycles. The molecule has 28 heavy (non-hydrogen) atoms. The smallest absolute Gasteiger partial charge is 0.238 e. The molecule has 0 unspecified atom stereocenters. The van der Waals surface area contributed by atoms with Gasteiger partial charge in [0, 0.05) is 11.6 Å². The number of amides is 2. The second-order valence-electron chi connectivity index (χ2n) is 7.07. The Morgan fingerprint density at radius 1 is 1.18 bits per heavy atom. The average Bonchev–Trinajstić information content (AvgIpc) is 3.03. The third-order valence-electron chi connectivity index (χ3n) is 5.23. The highest BCUT2D eigenvalue weighted by Gasteiger charge is 2.35. The van der Waals surface area contributed by atoms with Crippen LogP contribution in [0.4, 0.5) is 11.4 Å². The number of hydrogen-bond donors (Lipinski definition) is 1. The number of carbonyl (C=O) groups is 2. The minimum atomic E-state index is -0.106. The maximum atomic E-state index is 12.6. The van der Waals surface area contributed by atoms with Gasteiger partial charge in [-0.25, -0.2) is 0 Å². The quantitative estimate of drug-likeness (QED) is 0.775. The first-order valence-electron chi connectivity index (χ1n) is 9.73. The van der Waals surface area contributed by atoms with Gasteiger partial charge in [0.25, 0.3) is 0 Å². The molecular weight excluding hydrogens is 372 g/mol. The molecule has 1 aliphatic carbocycles. The monoisotopic (exact) mass is 396 g/mol. The lowest BCUT2D eigenvalue weighted by atomic mass is 9.85. The summed E-state index contributed by atoms with van der Waals surface area (Å²) in [5, 5.41) is 2.89. The van der Waals surface area contributed by atoms with E-state index in [1.807, 2.05) is 60.4 Å². The van der Waals surface area contributed by atoms with Crippen molar-refractivity contribution in [1.29, 1.82) is 0 Å². The predicted molar refractivity (Wildman–Crippen MR) is 113 cm³/mol. The van der Waals surface area contributed by atoms with E-state index in [2.05, 4.69) is 5.32 Å². The molecule has 0 radical (unpaired) electrons. The van der Waals surface area contributed by atoms with Gasteiger partial charge in [-0.15, -0.1) is 11.8 Å². The van der Waals surface area contributed by atoms with Gasteiger partial charge in [-0.05, 0) is 49.6 Å². The van der Waals surface area contributed by atoms with Crippen molar-refractivity contribution in [3.05, 3.63) is 54.1 Å².